The maximum absolute atomic E-state index is 12.2. The monoisotopic (exact) mass is 408 g/mol. The lowest BCUT2D eigenvalue weighted by molar-refractivity contribution is -0.116. The molecule has 27 heavy (non-hydrogen) atoms. The van der Waals surface area contributed by atoms with Crippen molar-refractivity contribution in [1.82, 2.24) is 10.2 Å². The Balaban J connectivity index is 1.89. The molecule has 2 N–H and O–H groups in total. The lowest BCUT2D eigenvalue weighted by Gasteiger charge is -2.09. The summed E-state index contributed by atoms with van der Waals surface area (Å²) in [6.07, 6.45) is 1.17. The fourth-order valence-electron chi connectivity index (χ4n) is 2.02. The number of nitrogens with zero attached hydrogens (tertiary/aromatic N) is 2. The normalized spacial score (nSPS) is 10.3. The molecule has 0 atom stereocenters. The van der Waals surface area contributed by atoms with E-state index >= 15 is 0 Å². The van der Waals surface area contributed by atoms with Gasteiger partial charge in [0.15, 0.2) is 4.34 Å². The highest BCUT2D eigenvalue weighted by molar-refractivity contribution is 8.01. The molecule has 0 spiro atoms. The maximum atomic E-state index is 12.2. The number of benzene rings is 1. The van der Waals surface area contributed by atoms with Crippen molar-refractivity contribution >= 4 is 51.7 Å². The van der Waals surface area contributed by atoms with Crippen molar-refractivity contribution in [3.05, 3.63) is 29.8 Å². The predicted octanol–water partition coefficient (Wildman–Crippen LogP) is 3.18. The number of amides is 2. The van der Waals surface area contributed by atoms with Gasteiger partial charge < -0.3 is 15.4 Å². The van der Waals surface area contributed by atoms with Crippen molar-refractivity contribution in [1.29, 1.82) is 0 Å². The van der Waals surface area contributed by atoms with Crippen LogP contribution in [-0.4, -0.2) is 40.3 Å². The second kappa shape index (κ2) is 10.6. The van der Waals surface area contributed by atoms with Crippen molar-refractivity contribution in [3.63, 3.8) is 0 Å². The summed E-state index contributed by atoms with van der Waals surface area (Å²) < 4.78 is 5.55. The average Bonchev–Trinajstić information content (AvgIpc) is 3.08. The number of carbonyl (C=O) groups is 3. The van der Waals surface area contributed by atoms with E-state index in [0.717, 1.165) is 6.42 Å². The fourth-order valence-corrected chi connectivity index (χ4v) is 3.59. The Morgan fingerprint density at radius 1 is 1.11 bits per heavy atom. The summed E-state index contributed by atoms with van der Waals surface area (Å²) >= 11 is 2.40. The molecule has 0 aliphatic carbocycles. The van der Waals surface area contributed by atoms with Gasteiger partial charge in [0.2, 0.25) is 16.9 Å². The third kappa shape index (κ3) is 6.65. The minimum atomic E-state index is -0.488. The molecule has 0 aliphatic heterocycles. The Bertz CT molecular complexity index is 810. The van der Waals surface area contributed by atoms with Crippen molar-refractivity contribution < 1.29 is 19.1 Å². The number of ether oxygens (including phenoxy) is 1. The Labute approximate surface area is 165 Å². The quantitative estimate of drug-likeness (QED) is 0.372. The molecule has 1 heterocycles. The van der Waals surface area contributed by atoms with Crippen molar-refractivity contribution in [2.75, 3.05) is 23.0 Å². The van der Waals surface area contributed by atoms with Crippen LogP contribution >= 0.6 is 23.1 Å². The Morgan fingerprint density at radius 3 is 2.63 bits per heavy atom. The summed E-state index contributed by atoms with van der Waals surface area (Å²) in [6.45, 7) is 3.89. The number of nitrogens with one attached hydrogen (secondary N) is 2. The van der Waals surface area contributed by atoms with Gasteiger partial charge in [-0.25, -0.2) is 4.79 Å². The highest BCUT2D eigenvalue weighted by atomic mass is 32.2. The zero-order chi connectivity index (χ0) is 19.6. The van der Waals surface area contributed by atoms with Crippen molar-refractivity contribution in [2.24, 2.45) is 0 Å². The first-order valence-corrected chi connectivity index (χ1v) is 10.2. The lowest BCUT2D eigenvalue weighted by atomic mass is 10.2. The van der Waals surface area contributed by atoms with Crippen LogP contribution in [0.4, 0.5) is 10.8 Å². The van der Waals surface area contributed by atoms with E-state index in [-0.39, 0.29) is 24.2 Å². The van der Waals surface area contributed by atoms with E-state index in [9.17, 15) is 14.4 Å². The Kier molecular flexibility index (Phi) is 8.21. The molecule has 2 rings (SSSR count). The van der Waals surface area contributed by atoms with Crippen LogP contribution in [0.1, 0.15) is 37.0 Å². The molecule has 0 saturated carbocycles. The van der Waals surface area contributed by atoms with Crippen LogP contribution in [0.5, 0.6) is 0 Å². The molecule has 0 aliphatic rings. The summed E-state index contributed by atoms with van der Waals surface area (Å²) in [5, 5.41) is 13.6. The summed E-state index contributed by atoms with van der Waals surface area (Å²) in [6, 6.07) is 6.66. The van der Waals surface area contributed by atoms with Gasteiger partial charge in [-0.05, 0) is 25.5 Å². The molecule has 8 nitrogen and oxygen atoms in total. The molecule has 0 unspecified atom stereocenters. The SMILES string of the molecule is CCCC(=O)Nc1nnc(SCC(=O)Nc2ccccc2C(=O)OCC)s1. The Hall–Kier alpha value is -2.46. The number of hydrogen-bond donors (Lipinski definition) is 2. The predicted molar refractivity (Wildman–Crippen MR) is 105 cm³/mol. The molecule has 2 amide bonds. The maximum Gasteiger partial charge on any atom is 0.340 e. The standard InChI is InChI=1S/C17H20N4O4S2/c1-3-7-13(22)19-16-20-21-17(27-16)26-10-14(23)18-12-9-6-5-8-11(12)15(24)25-4-2/h5-6,8-9H,3-4,7,10H2,1-2H3,(H,18,23)(H,19,20,22). The number of rotatable bonds is 9. The first kappa shape index (κ1) is 20.8. The van der Waals surface area contributed by atoms with Gasteiger partial charge in [-0.3, -0.25) is 9.59 Å². The number of hydrogen-bond acceptors (Lipinski definition) is 8. The van der Waals surface area contributed by atoms with E-state index in [1.807, 2.05) is 6.92 Å². The topological polar surface area (TPSA) is 110 Å². The van der Waals surface area contributed by atoms with Crippen molar-refractivity contribution in [2.45, 2.75) is 31.0 Å². The number of carbonyl (C=O) groups excluding carboxylic acids is 3. The third-order valence-corrected chi connectivity index (χ3v) is 5.13. The molecule has 10 heteroatoms. The minimum Gasteiger partial charge on any atom is -0.462 e. The van der Waals surface area contributed by atoms with Crippen LogP contribution in [0, 0.1) is 0 Å². The fraction of sp³-hybridized carbons (Fsp3) is 0.353. The number of para-hydroxylation sites is 1. The van der Waals surface area contributed by atoms with E-state index < -0.39 is 5.97 Å². The van der Waals surface area contributed by atoms with Crippen LogP contribution in [0.25, 0.3) is 0 Å². The molecule has 144 valence electrons. The molecule has 1 aromatic carbocycles. The van der Waals surface area contributed by atoms with Crippen LogP contribution in [0.3, 0.4) is 0 Å². The summed E-state index contributed by atoms with van der Waals surface area (Å²) in [5.74, 6) is -0.797. The first-order valence-electron chi connectivity index (χ1n) is 8.35. The number of thioether (sulfide) groups is 1. The van der Waals surface area contributed by atoms with E-state index in [0.29, 0.717) is 27.1 Å². The van der Waals surface area contributed by atoms with Crippen LogP contribution in [0.15, 0.2) is 28.6 Å². The van der Waals surface area contributed by atoms with Crippen LogP contribution in [-0.2, 0) is 14.3 Å². The van der Waals surface area contributed by atoms with E-state index in [1.165, 1.54) is 23.1 Å². The zero-order valence-corrected chi connectivity index (χ0v) is 16.6. The van der Waals surface area contributed by atoms with Gasteiger partial charge in [-0.2, -0.15) is 0 Å². The van der Waals surface area contributed by atoms with Gasteiger partial charge in [0.1, 0.15) is 0 Å². The van der Waals surface area contributed by atoms with Gasteiger partial charge in [0.25, 0.3) is 0 Å². The summed E-state index contributed by atoms with van der Waals surface area (Å²) in [4.78, 5) is 35.7. The van der Waals surface area contributed by atoms with Crippen LogP contribution in [0.2, 0.25) is 0 Å². The van der Waals surface area contributed by atoms with Gasteiger partial charge >= 0.3 is 5.97 Å². The lowest BCUT2D eigenvalue weighted by Crippen LogP contribution is -2.17. The molecule has 0 saturated heterocycles. The smallest absolute Gasteiger partial charge is 0.340 e. The van der Waals surface area contributed by atoms with Crippen LogP contribution < -0.4 is 10.6 Å². The number of esters is 1. The zero-order valence-electron chi connectivity index (χ0n) is 15.0. The second-order valence-electron chi connectivity index (χ2n) is 5.27. The largest absolute Gasteiger partial charge is 0.462 e. The molecule has 0 bridgehead atoms. The average molecular weight is 409 g/mol. The van der Waals surface area contributed by atoms with E-state index in [2.05, 4.69) is 20.8 Å². The highest BCUT2D eigenvalue weighted by Gasteiger charge is 2.15. The first-order chi connectivity index (χ1) is 13.0. The molecular formula is C17H20N4O4S2. The molecule has 1 aromatic heterocycles. The van der Waals surface area contributed by atoms with E-state index in [1.54, 1.807) is 31.2 Å². The van der Waals surface area contributed by atoms with Gasteiger partial charge in [-0.15, -0.1) is 10.2 Å². The van der Waals surface area contributed by atoms with Gasteiger partial charge in [-0.1, -0.05) is 42.2 Å². The van der Waals surface area contributed by atoms with Gasteiger partial charge in [0.05, 0.1) is 23.6 Å². The Morgan fingerprint density at radius 2 is 1.89 bits per heavy atom. The molecular weight excluding hydrogens is 388 g/mol. The number of anilines is 2. The minimum absolute atomic E-state index is 0.0920. The van der Waals surface area contributed by atoms with Crippen molar-refractivity contribution in [3.8, 4) is 0 Å². The van der Waals surface area contributed by atoms with E-state index in [4.69, 9.17) is 4.74 Å². The summed E-state index contributed by atoms with van der Waals surface area (Å²) in [7, 11) is 0. The summed E-state index contributed by atoms with van der Waals surface area (Å²) in [5.41, 5.74) is 0.695. The highest BCUT2D eigenvalue weighted by Crippen LogP contribution is 2.26. The molecule has 0 fully saturated rings. The van der Waals surface area contributed by atoms with Gasteiger partial charge in [0, 0.05) is 6.42 Å². The second-order valence-corrected chi connectivity index (χ2v) is 7.47. The third-order valence-electron chi connectivity index (χ3n) is 3.15. The molecule has 0 radical (unpaired) electrons. The number of aromatic nitrogens is 2. The molecule has 2 aromatic rings.